The highest BCUT2D eigenvalue weighted by Gasteiger charge is 2.08. The van der Waals surface area contributed by atoms with Gasteiger partial charge in [-0.1, -0.05) is 35.4 Å². The Morgan fingerprint density at radius 3 is 2.50 bits per heavy atom. The van der Waals surface area contributed by atoms with Crippen molar-refractivity contribution in [2.45, 2.75) is 39.0 Å². The minimum Gasteiger partial charge on any atom is -0.295 e. The lowest BCUT2D eigenvalue weighted by atomic mass is 10.0. The predicted octanol–water partition coefficient (Wildman–Crippen LogP) is 3.61. The van der Waals surface area contributed by atoms with Crippen LogP contribution in [0.2, 0.25) is 0 Å². The maximum absolute atomic E-state index is 11.5. The maximum Gasteiger partial charge on any atom is 0.155 e. The summed E-state index contributed by atoms with van der Waals surface area (Å²) in [4.78, 5) is 11.5. The molecule has 1 nitrogen and oxygen atoms in total. The first-order chi connectivity index (χ1) is 7.74. The van der Waals surface area contributed by atoms with Crippen LogP contribution in [0.3, 0.4) is 0 Å². The number of hydrogen-bond acceptors (Lipinski definition) is 1. The molecule has 0 unspecified atom stereocenters. The third-order valence-corrected chi connectivity index (χ3v) is 3.09. The molecule has 0 heterocycles. The number of carbonyl (C=O) groups is 1. The first-order valence-corrected chi connectivity index (χ1v) is 6.02. The van der Waals surface area contributed by atoms with Crippen molar-refractivity contribution in [3.05, 3.63) is 47.0 Å². The number of ketones is 1. The molecule has 0 fully saturated rings. The summed E-state index contributed by atoms with van der Waals surface area (Å²) in [5, 5.41) is 0. The van der Waals surface area contributed by atoms with Gasteiger partial charge in [0.05, 0.1) is 0 Å². The molecule has 1 heteroatoms. The molecule has 0 spiro atoms. The van der Waals surface area contributed by atoms with Crippen molar-refractivity contribution in [1.82, 2.24) is 0 Å². The highest BCUT2D eigenvalue weighted by Crippen LogP contribution is 2.19. The van der Waals surface area contributed by atoms with E-state index in [2.05, 4.69) is 31.2 Å². The van der Waals surface area contributed by atoms with E-state index in [1.807, 2.05) is 6.08 Å². The molecule has 16 heavy (non-hydrogen) atoms. The Morgan fingerprint density at radius 1 is 1.06 bits per heavy atom. The highest BCUT2D eigenvalue weighted by atomic mass is 16.1. The van der Waals surface area contributed by atoms with Crippen molar-refractivity contribution in [3.8, 4) is 0 Å². The molecule has 0 amide bonds. The Hall–Kier alpha value is -1.37. The van der Waals surface area contributed by atoms with Gasteiger partial charge >= 0.3 is 0 Å². The first kappa shape index (κ1) is 11.1. The average Bonchev–Trinajstić information content (AvgIpc) is 2.46. The molecule has 0 saturated carbocycles. The van der Waals surface area contributed by atoms with Crippen molar-refractivity contribution in [2.24, 2.45) is 0 Å². The summed E-state index contributed by atoms with van der Waals surface area (Å²) in [5.41, 5.74) is 3.90. The SMILES string of the molecule is Cc1ccc(CC2=CC(=O)CCCC2)cc1. The largest absolute Gasteiger partial charge is 0.295 e. The number of allylic oxidation sites excluding steroid dienone is 2. The van der Waals surface area contributed by atoms with Crippen molar-refractivity contribution >= 4 is 5.78 Å². The molecule has 0 radical (unpaired) electrons. The van der Waals surface area contributed by atoms with Crippen LogP contribution in [0.1, 0.15) is 36.8 Å². The standard InChI is InChI=1S/C15H18O/c1-12-6-8-13(9-7-12)10-14-4-2-3-5-15(16)11-14/h6-9,11H,2-5,10H2,1H3. The van der Waals surface area contributed by atoms with Crippen molar-refractivity contribution in [2.75, 3.05) is 0 Å². The van der Waals surface area contributed by atoms with Gasteiger partial charge in [0, 0.05) is 6.42 Å². The Kier molecular flexibility index (Phi) is 3.55. The van der Waals surface area contributed by atoms with Crippen LogP contribution in [0.4, 0.5) is 0 Å². The van der Waals surface area contributed by atoms with Crippen molar-refractivity contribution in [1.29, 1.82) is 0 Å². The Balaban J connectivity index is 2.08. The van der Waals surface area contributed by atoms with Gasteiger partial charge < -0.3 is 0 Å². The van der Waals surface area contributed by atoms with E-state index in [1.165, 1.54) is 16.7 Å². The van der Waals surface area contributed by atoms with Gasteiger partial charge in [-0.05, 0) is 44.2 Å². The Morgan fingerprint density at radius 2 is 1.75 bits per heavy atom. The zero-order chi connectivity index (χ0) is 11.4. The van der Waals surface area contributed by atoms with Gasteiger partial charge in [-0.2, -0.15) is 0 Å². The number of benzene rings is 1. The first-order valence-electron chi connectivity index (χ1n) is 6.02. The molecule has 0 atom stereocenters. The zero-order valence-electron chi connectivity index (χ0n) is 9.83. The molecule has 0 N–H and O–H groups in total. The van der Waals surface area contributed by atoms with Crippen LogP contribution in [0.5, 0.6) is 0 Å². The van der Waals surface area contributed by atoms with E-state index in [-0.39, 0.29) is 0 Å². The van der Waals surface area contributed by atoms with Crippen molar-refractivity contribution in [3.63, 3.8) is 0 Å². The summed E-state index contributed by atoms with van der Waals surface area (Å²) < 4.78 is 0. The molecular weight excluding hydrogens is 196 g/mol. The van der Waals surface area contributed by atoms with Gasteiger partial charge in [0.25, 0.3) is 0 Å². The van der Waals surface area contributed by atoms with E-state index in [4.69, 9.17) is 0 Å². The second-order valence-electron chi connectivity index (χ2n) is 4.64. The van der Waals surface area contributed by atoms with Crippen LogP contribution in [0, 0.1) is 6.92 Å². The molecule has 0 bridgehead atoms. The van der Waals surface area contributed by atoms with E-state index in [9.17, 15) is 4.79 Å². The van der Waals surface area contributed by atoms with E-state index in [0.717, 1.165) is 32.1 Å². The summed E-state index contributed by atoms with van der Waals surface area (Å²) >= 11 is 0. The fourth-order valence-electron chi connectivity index (χ4n) is 2.13. The molecule has 1 aromatic carbocycles. The van der Waals surface area contributed by atoms with E-state index in [0.29, 0.717) is 5.78 Å². The zero-order valence-corrected chi connectivity index (χ0v) is 9.83. The van der Waals surface area contributed by atoms with Gasteiger partial charge in [0.15, 0.2) is 5.78 Å². The van der Waals surface area contributed by atoms with E-state index < -0.39 is 0 Å². The molecule has 0 aliphatic heterocycles. The van der Waals surface area contributed by atoms with Crippen LogP contribution < -0.4 is 0 Å². The van der Waals surface area contributed by atoms with Gasteiger partial charge in [0.1, 0.15) is 0 Å². The molecule has 0 aromatic heterocycles. The van der Waals surface area contributed by atoms with Crippen LogP contribution in [0.15, 0.2) is 35.9 Å². The fraction of sp³-hybridized carbons (Fsp3) is 0.400. The van der Waals surface area contributed by atoms with Gasteiger partial charge in [-0.25, -0.2) is 0 Å². The second-order valence-corrected chi connectivity index (χ2v) is 4.64. The summed E-state index contributed by atoms with van der Waals surface area (Å²) in [6, 6.07) is 8.58. The molecule has 1 aromatic rings. The molecule has 1 aliphatic carbocycles. The topological polar surface area (TPSA) is 17.1 Å². The summed E-state index contributed by atoms with van der Waals surface area (Å²) in [7, 11) is 0. The highest BCUT2D eigenvalue weighted by molar-refractivity contribution is 5.90. The lowest BCUT2D eigenvalue weighted by Crippen LogP contribution is -1.94. The van der Waals surface area contributed by atoms with E-state index in [1.54, 1.807) is 0 Å². The van der Waals surface area contributed by atoms with E-state index >= 15 is 0 Å². The lowest BCUT2D eigenvalue weighted by Gasteiger charge is -2.05. The minimum absolute atomic E-state index is 0.305. The monoisotopic (exact) mass is 214 g/mol. The van der Waals surface area contributed by atoms with Crippen LogP contribution >= 0.6 is 0 Å². The minimum atomic E-state index is 0.305. The third kappa shape index (κ3) is 3.06. The van der Waals surface area contributed by atoms with Crippen LogP contribution in [0.25, 0.3) is 0 Å². The number of carbonyl (C=O) groups excluding carboxylic acids is 1. The molecule has 0 saturated heterocycles. The fourth-order valence-corrected chi connectivity index (χ4v) is 2.13. The van der Waals surface area contributed by atoms with Crippen LogP contribution in [-0.4, -0.2) is 5.78 Å². The van der Waals surface area contributed by atoms with Gasteiger partial charge in [-0.15, -0.1) is 0 Å². The normalized spacial score (nSPS) is 16.8. The Labute approximate surface area is 97.2 Å². The summed E-state index contributed by atoms with van der Waals surface area (Å²) in [6.45, 7) is 2.10. The lowest BCUT2D eigenvalue weighted by molar-refractivity contribution is -0.114. The maximum atomic E-state index is 11.5. The molecule has 2 rings (SSSR count). The van der Waals surface area contributed by atoms with Crippen molar-refractivity contribution < 1.29 is 4.79 Å². The number of rotatable bonds is 2. The third-order valence-electron chi connectivity index (χ3n) is 3.09. The Bertz CT molecular complexity index is 398. The quantitative estimate of drug-likeness (QED) is 0.735. The summed E-state index contributed by atoms with van der Waals surface area (Å²) in [6.07, 6.45) is 6.83. The van der Waals surface area contributed by atoms with Gasteiger partial charge in [-0.3, -0.25) is 4.79 Å². The molecule has 1 aliphatic rings. The van der Waals surface area contributed by atoms with Crippen LogP contribution in [-0.2, 0) is 11.2 Å². The molecule has 84 valence electrons. The smallest absolute Gasteiger partial charge is 0.155 e. The summed E-state index contributed by atoms with van der Waals surface area (Å²) in [5.74, 6) is 0.305. The number of aryl methyl sites for hydroxylation is 1. The molecular formula is C15H18O. The number of hydrogen-bond donors (Lipinski definition) is 0. The van der Waals surface area contributed by atoms with Gasteiger partial charge in [0.2, 0.25) is 0 Å². The second kappa shape index (κ2) is 5.11. The predicted molar refractivity (Wildman–Crippen MR) is 66.4 cm³/mol. The average molecular weight is 214 g/mol.